The number of carbonyl (C=O) groups is 2. The Kier molecular flexibility index (Phi) is 7.10. The maximum atomic E-state index is 12.2. The topological polar surface area (TPSA) is 67.9 Å². The Morgan fingerprint density at radius 1 is 1.20 bits per heavy atom. The highest BCUT2D eigenvalue weighted by Gasteiger charge is 2.32. The fraction of sp³-hybridized carbons (Fsp3) is 0.579. The summed E-state index contributed by atoms with van der Waals surface area (Å²) in [6.07, 6.45) is 1.02. The van der Waals surface area contributed by atoms with Crippen LogP contribution in [-0.4, -0.2) is 49.6 Å². The van der Waals surface area contributed by atoms with E-state index in [2.05, 4.69) is 5.32 Å². The van der Waals surface area contributed by atoms with Crippen LogP contribution in [0.2, 0.25) is 0 Å². The molecule has 1 saturated heterocycles. The smallest absolute Gasteiger partial charge is 0.225 e. The number of likely N-dealkylation sites (tertiary alicyclic amines) is 1. The quantitative estimate of drug-likeness (QED) is 0.741. The van der Waals surface area contributed by atoms with Crippen LogP contribution in [0.3, 0.4) is 0 Å². The summed E-state index contributed by atoms with van der Waals surface area (Å²) in [7, 11) is 0. The van der Waals surface area contributed by atoms with Crippen LogP contribution in [0, 0.1) is 5.92 Å². The fourth-order valence-corrected chi connectivity index (χ4v) is 2.98. The molecule has 0 bridgehead atoms. The summed E-state index contributed by atoms with van der Waals surface area (Å²) in [5, 5.41) is 2.94. The molecule has 6 nitrogen and oxygen atoms in total. The van der Waals surface area contributed by atoms with Gasteiger partial charge in [-0.25, -0.2) is 0 Å². The number of hydrogen-bond donors (Lipinski definition) is 1. The zero-order valence-electron chi connectivity index (χ0n) is 15.3. The predicted molar refractivity (Wildman–Crippen MR) is 95.9 cm³/mol. The number of nitrogens with one attached hydrogen (secondary N) is 1. The normalized spacial score (nSPS) is 16.8. The molecule has 0 aromatic heterocycles. The van der Waals surface area contributed by atoms with E-state index in [4.69, 9.17) is 9.47 Å². The van der Waals surface area contributed by atoms with Crippen LogP contribution in [0.1, 0.15) is 32.8 Å². The van der Waals surface area contributed by atoms with Crippen molar-refractivity contribution in [2.45, 2.75) is 33.6 Å². The highest BCUT2D eigenvalue weighted by molar-refractivity contribution is 5.89. The average molecular weight is 348 g/mol. The van der Waals surface area contributed by atoms with Crippen molar-refractivity contribution in [2.24, 2.45) is 5.92 Å². The standard InChI is InChI=1S/C19H28N2O4/c1-4-21-13-15(12-18(21)22)19(23)20-10-9-14-7-8-16(24-5-2)17(11-14)25-6-3/h7-8,11,15H,4-6,9-10,12-13H2,1-3H3,(H,20,23). The van der Waals surface area contributed by atoms with Crippen molar-refractivity contribution < 1.29 is 19.1 Å². The summed E-state index contributed by atoms with van der Waals surface area (Å²) in [5.74, 6) is 1.26. The first-order chi connectivity index (χ1) is 12.1. The second-order valence-electron chi connectivity index (χ2n) is 6.02. The van der Waals surface area contributed by atoms with Gasteiger partial charge in [0.1, 0.15) is 0 Å². The largest absolute Gasteiger partial charge is 0.490 e. The molecule has 1 aliphatic rings. The molecule has 138 valence electrons. The molecule has 0 spiro atoms. The molecule has 0 saturated carbocycles. The Labute approximate surface area is 149 Å². The first kappa shape index (κ1) is 19.1. The SMILES string of the molecule is CCOc1ccc(CCNC(=O)C2CC(=O)N(CC)C2)cc1OCC. The molecule has 1 fully saturated rings. The van der Waals surface area contributed by atoms with Crippen LogP contribution in [0.15, 0.2) is 18.2 Å². The molecule has 6 heteroatoms. The molecule has 0 aliphatic carbocycles. The third kappa shape index (κ3) is 5.11. The van der Waals surface area contributed by atoms with E-state index in [9.17, 15) is 9.59 Å². The second kappa shape index (κ2) is 9.30. The average Bonchev–Trinajstić information content (AvgIpc) is 2.98. The first-order valence-electron chi connectivity index (χ1n) is 9.03. The zero-order valence-corrected chi connectivity index (χ0v) is 15.3. The number of hydrogen-bond acceptors (Lipinski definition) is 4. The van der Waals surface area contributed by atoms with E-state index in [0.29, 0.717) is 45.7 Å². The van der Waals surface area contributed by atoms with Gasteiger partial charge in [0.25, 0.3) is 0 Å². The van der Waals surface area contributed by atoms with Gasteiger partial charge in [0.2, 0.25) is 11.8 Å². The van der Waals surface area contributed by atoms with Gasteiger partial charge in [-0.3, -0.25) is 9.59 Å². The summed E-state index contributed by atoms with van der Waals surface area (Å²) in [5.41, 5.74) is 1.07. The van der Waals surface area contributed by atoms with Crippen LogP contribution < -0.4 is 14.8 Å². The number of carbonyl (C=O) groups excluding carboxylic acids is 2. The molecule has 25 heavy (non-hydrogen) atoms. The molecular formula is C19H28N2O4. The Hall–Kier alpha value is -2.24. The van der Waals surface area contributed by atoms with E-state index in [-0.39, 0.29) is 17.7 Å². The molecule has 1 aliphatic heterocycles. The van der Waals surface area contributed by atoms with Crippen molar-refractivity contribution >= 4 is 11.8 Å². The third-order valence-corrected chi connectivity index (χ3v) is 4.29. The van der Waals surface area contributed by atoms with Crippen molar-refractivity contribution in [1.82, 2.24) is 10.2 Å². The highest BCUT2D eigenvalue weighted by atomic mass is 16.5. The molecule has 1 N–H and O–H groups in total. The van der Waals surface area contributed by atoms with Gasteiger partial charge in [0, 0.05) is 26.1 Å². The summed E-state index contributed by atoms with van der Waals surface area (Å²) in [4.78, 5) is 25.7. The molecular weight excluding hydrogens is 320 g/mol. The van der Waals surface area contributed by atoms with E-state index in [1.165, 1.54) is 0 Å². The molecule has 2 amide bonds. The Morgan fingerprint density at radius 3 is 2.56 bits per heavy atom. The van der Waals surface area contributed by atoms with Crippen molar-refractivity contribution in [3.05, 3.63) is 23.8 Å². The van der Waals surface area contributed by atoms with Gasteiger partial charge in [-0.1, -0.05) is 6.07 Å². The predicted octanol–water partition coefficient (Wildman–Crippen LogP) is 2.01. The van der Waals surface area contributed by atoms with Gasteiger partial charge in [0.15, 0.2) is 11.5 Å². The Bertz CT molecular complexity index is 603. The molecule has 1 atom stereocenters. The van der Waals surface area contributed by atoms with Crippen molar-refractivity contribution in [1.29, 1.82) is 0 Å². The summed E-state index contributed by atoms with van der Waals surface area (Å²) >= 11 is 0. The van der Waals surface area contributed by atoms with E-state index < -0.39 is 0 Å². The second-order valence-corrected chi connectivity index (χ2v) is 6.02. The minimum Gasteiger partial charge on any atom is -0.490 e. The third-order valence-electron chi connectivity index (χ3n) is 4.29. The minimum atomic E-state index is -0.230. The molecule has 1 aromatic rings. The van der Waals surface area contributed by atoms with E-state index in [1.807, 2.05) is 39.0 Å². The van der Waals surface area contributed by atoms with Crippen LogP contribution >= 0.6 is 0 Å². The fourth-order valence-electron chi connectivity index (χ4n) is 2.98. The van der Waals surface area contributed by atoms with Crippen molar-refractivity contribution in [2.75, 3.05) is 32.8 Å². The monoisotopic (exact) mass is 348 g/mol. The summed E-state index contributed by atoms with van der Waals surface area (Å²) in [6, 6.07) is 5.84. The van der Waals surface area contributed by atoms with Crippen LogP contribution in [-0.2, 0) is 16.0 Å². The van der Waals surface area contributed by atoms with Gasteiger partial charge in [-0.2, -0.15) is 0 Å². The van der Waals surface area contributed by atoms with Crippen molar-refractivity contribution in [3.8, 4) is 11.5 Å². The van der Waals surface area contributed by atoms with Gasteiger partial charge in [-0.15, -0.1) is 0 Å². The van der Waals surface area contributed by atoms with E-state index >= 15 is 0 Å². The number of benzene rings is 1. The molecule has 2 rings (SSSR count). The van der Waals surface area contributed by atoms with Crippen LogP contribution in [0.5, 0.6) is 11.5 Å². The minimum absolute atomic E-state index is 0.0414. The lowest BCUT2D eigenvalue weighted by Gasteiger charge is -2.14. The van der Waals surface area contributed by atoms with Crippen LogP contribution in [0.4, 0.5) is 0 Å². The number of nitrogens with zero attached hydrogens (tertiary/aromatic N) is 1. The summed E-state index contributed by atoms with van der Waals surface area (Å²) in [6.45, 7) is 8.69. The lowest BCUT2D eigenvalue weighted by molar-refractivity contribution is -0.128. The molecule has 0 radical (unpaired) electrons. The van der Waals surface area contributed by atoms with Gasteiger partial charge < -0.3 is 19.7 Å². The molecule has 1 unspecified atom stereocenters. The molecule has 1 heterocycles. The molecule has 1 aromatic carbocycles. The van der Waals surface area contributed by atoms with E-state index in [1.54, 1.807) is 4.90 Å². The number of ether oxygens (including phenoxy) is 2. The van der Waals surface area contributed by atoms with Gasteiger partial charge >= 0.3 is 0 Å². The van der Waals surface area contributed by atoms with E-state index in [0.717, 1.165) is 17.1 Å². The first-order valence-corrected chi connectivity index (χ1v) is 9.03. The lowest BCUT2D eigenvalue weighted by atomic mass is 10.1. The number of rotatable bonds is 9. The maximum absolute atomic E-state index is 12.2. The summed E-state index contributed by atoms with van der Waals surface area (Å²) < 4.78 is 11.2. The zero-order chi connectivity index (χ0) is 18.2. The van der Waals surface area contributed by atoms with Crippen LogP contribution in [0.25, 0.3) is 0 Å². The Balaban J connectivity index is 1.86. The number of amides is 2. The maximum Gasteiger partial charge on any atom is 0.225 e. The van der Waals surface area contributed by atoms with Gasteiger partial charge in [0.05, 0.1) is 19.1 Å². The lowest BCUT2D eigenvalue weighted by Crippen LogP contribution is -2.34. The Morgan fingerprint density at radius 2 is 1.92 bits per heavy atom. The van der Waals surface area contributed by atoms with Crippen molar-refractivity contribution in [3.63, 3.8) is 0 Å². The van der Waals surface area contributed by atoms with Gasteiger partial charge in [-0.05, 0) is 44.9 Å². The highest BCUT2D eigenvalue weighted by Crippen LogP contribution is 2.28.